The molecular formula is C17H16ClNO2. The van der Waals surface area contributed by atoms with Gasteiger partial charge in [-0.25, -0.2) is 0 Å². The number of rotatable bonds is 2. The number of hydrogen-bond donors (Lipinski definition) is 0. The van der Waals surface area contributed by atoms with E-state index in [4.69, 9.17) is 16.3 Å². The number of benzene rings is 2. The van der Waals surface area contributed by atoms with E-state index in [9.17, 15) is 4.79 Å². The van der Waals surface area contributed by atoms with Crippen LogP contribution in [0.3, 0.4) is 0 Å². The van der Waals surface area contributed by atoms with Crippen LogP contribution in [0.15, 0.2) is 48.5 Å². The second kappa shape index (κ2) is 5.88. The molecule has 2 aromatic rings. The van der Waals surface area contributed by atoms with Crippen molar-refractivity contribution in [2.45, 2.75) is 12.5 Å². The largest absolute Gasteiger partial charge is 0.377 e. The van der Waals surface area contributed by atoms with Crippen molar-refractivity contribution in [3.63, 3.8) is 0 Å². The van der Waals surface area contributed by atoms with Crippen LogP contribution in [-0.2, 0) is 4.74 Å². The number of methoxy groups -OCH3 is 1. The monoisotopic (exact) mass is 301 g/mol. The third-order valence-corrected chi connectivity index (χ3v) is 4.15. The molecule has 0 aliphatic carbocycles. The fourth-order valence-corrected chi connectivity index (χ4v) is 2.98. The lowest BCUT2D eigenvalue weighted by Gasteiger charge is -2.33. The quantitative estimate of drug-likeness (QED) is 0.836. The summed E-state index contributed by atoms with van der Waals surface area (Å²) in [6, 6.07) is 15.0. The molecule has 0 fully saturated rings. The fraction of sp³-hybridized carbons (Fsp3) is 0.235. The minimum atomic E-state index is -0.0670. The van der Waals surface area contributed by atoms with Crippen molar-refractivity contribution >= 4 is 23.2 Å². The zero-order valence-corrected chi connectivity index (χ0v) is 12.5. The van der Waals surface area contributed by atoms with Gasteiger partial charge in [-0.2, -0.15) is 0 Å². The molecule has 1 amide bonds. The van der Waals surface area contributed by atoms with E-state index in [0.717, 1.165) is 17.7 Å². The van der Waals surface area contributed by atoms with Gasteiger partial charge in [-0.05, 0) is 24.6 Å². The topological polar surface area (TPSA) is 29.5 Å². The van der Waals surface area contributed by atoms with Gasteiger partial charge >= 0.3 is 0 Å². The minimum Gasteiger partial charge on any atom is -0.377 e. The lowest BCUT2D eigenvalue weighted by Crippen LogP contribution is -2.37. The van der Waals surface area contributed by atoms with Crippen molar-refractivity contribution < 1.29 is 9.53 Å². The van der Waals surface area contributed by atoms with Crippen LogP contribution in [-0.4, -0.2) is 19.6 Å². The van der Waals surface area contributed by atoms with E-state index in [1.807, 2.05) is 36.4 Å². The molecule has 3 rings (SSSR count). The van der Waals surface area contributed by atoms with Gasteiger partial charge in [0.2, 0.25) is 0 Å². The number of ether oxygens (including phenoxy) is 1. The molecule has 1 heterocycles. The van der Waals surface area contributed by atoms with Gasteiger partial charge < -0.3 is 9.64 Å². The highest BCUT2D eigenvalue weighted by Gasteiger charge is 2.29. The summed E-state index contributed by atoms with van der Waals surface area (Å²) in [4.78, 5) is 14.6. The smallest absolute Gasteiger partial charge is 0.259 e. The average Bonchev–Trinajstić information content (AvgIpc) is 2.53. The molecule has 4 heteroatoms. The van der Waals surface area contributed by atoms with Gasteiger partial charge in [-0.15, -0.1) is 0 Å². The summed E-state index contributed by atoms with van der Waals surface area (Å²) in [7, 11) is 1.70. The maximum absolute atomic E-state index is 12.8. The second-order valence-electron chi connectivity index (χ2n) is 5.01. The van der Waals surface area contributed by atoms with Gasteiger partial charge in [0.1, 0.15) is 0 Å². The molecule has 0 bridgehead atoms. The molecule has 2 aromatic carbocycles. The van der Waals surface area contributed by atoms with Gasteiger partial charge in [-0.3, -0.25) is 4.79 Å². The second-order valence-corrected chi connectivity index (χ2v) is 5.42. The highest BCUT2D eigenvalue weighted by Crippen LogP contribution is 2.36. The van der Waals surface area contributed by atoms with Gasteiger partial charge in [0.05, 0.1) is 16.7 Å². The molecule has 1 aliphatic rings. The average molecular weight is 302 g/mol. The summed E-state index contributed by atoms with van der Waals surface area (Å²) < 4.78 is 5.51. The molecule has 0 saturated heterocycles. The van der Waals surface area contributed by atoms with E-state index in [1.54, 1.807) is 24.1 Å². The maximum atomic E-state index is 12.8. The Labute approximate surface area is 129 Å². The number of anilines is 1. The zero-order valence-electron chi connectivity index (χ0n) is 11.8. The Morgan fingerprint density at radius 3 is 2.67 bits per heavy atom. The third-order valence-electron chi connectivity index (χ3n) is 3.82. The molecule has 1 atom stereocenters. The first-order valence-electron chi connectivity index (χ1n) is 6.90. The number of carbonyl (C=O) groups excluding carboxylic acids is 1. The number of para-hydroxylation sites is 1. The van der Waals surface area contributed by atoms with E-state index in [0.29, 0.717) is 17.1 Å². The summed E-state index contributed by atoms with van der Waals surface area (Å²) in [6.45, 7) is 0.625. The van der Waals surface area contributed by atoms with E-state index in [1.165, 1.54) is 0 Å². The highest BCUT2D eigenvalue weighted by atomic mass is 35.5. The summed E-state index contributed by atoms with van der Waals surface area (Å²) in [5, 5.41) is 0.480. The SMILES string of the molecule is COC1CCN(C(=O)c2ccccc2Cl)c2ccccc21. The molecule has 3 nitrogen and oxygen atoms in total. The zero-order chi connectivity index (χ0) is 14.8. The molecule has 108 valence electrons. The molecule has 1 unspecified atom stereocenters. The normalized spacial score (nSPS) is 17.4. The Hall–Kier alpha value is -1.84. The molecular weight excluding hydrogens is 286 g/mol. The number of carbonyl (C=O) groups is 1. The van der Waals surface area contributed by atoms with E-state index < -0.39 is 0 Å². The molecule has 0 N–H and O–H groups in total. The first kappa shape index (κ1) is 14.1. The number of hydrogen-bond acceptors (Lipinski definition) is 2. The van der Waals surface area contributed by atoms with Crippen LogP contribution >= 0.6 is 11.6 Å². The van der Waals surface area contributed by atoms with Crippen molar-refractivity contribution in [3.05, 3.63) is 64.7 Å². The van der Waals surface area contributed by atoms with Crippen LogP contribution in [0.4, 0.5) is 5.69 Å². The van der Waals surface area contributed by atoms with Crippen LogP contribution in [0.5, 0.6) is 0 Å². The van der Waals surface area contributed by atoms with Crippen LogP contribution in [0.1, 0.15) is 28.4 Å². The van der Waals surface area contributed by atoms with E-state index >= 15 is 0 Å². The van der Waals surface area contributed by atoms with Crippen LogP contribution in [0, 0.1) is 0 Å². The summed E-state index contributed by atoms with van der Waals surface area (Å²) in [5.41, 5.74) is 2.48. The standard InChI is InChI=1S/C17H16ClNO2/c1-21-16-10-11-19(15-9-5-3-7-13(15)16)17(20)12-6-2-4-8-14(12)18/h2-9,16H,10-11H2,1H3. The minimum absolute atomic E-state index is 0.0384. The maximum Gasteiger partial charge on any atom is 0.259 e. The van der Waals surface area contributed by atoms with Crippen molar-refractivity contribution in [2.75, 3.05) is 18.6 Å². The molecule has 0 aromatic heterocycles. The van der Waals surface area contributed by atoms with Crippen molar-refractivity contribution in [3.8, 4) is 0 Å². The Morgan fingerprint density at radius 1 is 1.19 bits per heavy atom. The number of amides is 1. The van der Waals surface area contributed by atoms with Crippen LogP contribution in [0.25, 0.3) is 0 Å². The number of nitrogens with zero attached hydrogens (tertiary/aromatic N) is 1. The summed E-state index contributed by atoms with van der Waals surface area (Å²) in [6.07, 6.45) is 0.820. The predicted octanol–water partition coefficient (Wildman–Crippen LogP) is 4.08. The number of halogens is 1. The van der Waals surface area contributed by atoms with Crippen molar-refractivity contribution in [2.24, 2.45) is 0 Å². The first-order valence-corrected chi connectivity index (χ1v) is 7.28. The molecule has 0 spiro atoms. The molecule has 0 radical (unpaired) electrons. The van der Waals surface area contributed by atoms with Gasteiger partial charge in [0.15, 0.2) is 0 Å². The highest BCUT2D eigenvalue weighted by molar-refractivity contribution is 6.34. The Bertz CT molecular complexity index is 671. The van der Waals surface area contributed by atoms with Crippen LogP contribution in [0.2, 0.25) is 5.02 Å². The van der Waals surface area contributed by atoms with Gasteiger partial charge in [-0.1, -0.05) is 41.9 Å². The molecule has 21 heavy (non-hydrogen) atoms. The van der Waals surface area contributed by atoms with Gasteiger partial charge in [0, 0.05) is 24.9 Å². The van der Waals surface area contributed by atoms with Crippen molar-refractivity contribution in [1.29, 1.82) is 0 Å². The lowest BCUT2D eigenvalue weighted by atomic mass is 9.98. The third kappa shape index (κ3) is 2.55. The van der Waals surface area contributed by atoms with Crippen molar-refractivity contribution in [1.82, 2.24) is 0 Å². The van der Waals surface area contributed by atoms with E-state index in [2.05, 4.69) is 0 Å². The molecule has 1 aliphatic heterocycles. The Kier molecular flexibility index (Phi) is 3.95. The number of fused-ring (bicyclic) bond motifs is 1. The molecule has 0 saturated carbocycles. The Balaban J connectivity index is 2.01. The summed E-state index contributed by atoms with van der Waals surface area (Å²) >= 11 is 6.15. The van der Waals surface area contributed by atoms with Gasteiger partial charge in [0.25, 0.3) is 5.91 Å². The fourth-order valence-electron chi connectivity index (χ4n) is 2.76. The van der Waals surface area contributed by atoms with E-state index in [-0.39, 0.29) is 12.0 Å². The Morgan fingerprint density at radius 2 is 1.90 bits per heavy atom. The van der Waals surface area contributed by atoms with Crippen LogP contribution < -0.4 is 4.90 Å². The lowest BCUT2D eigenvalue weighted by molar-refractivity contribution is 0.0868. The summed E-state index contributed by atoms with van der Waals surface area (Å²) in [5.74, 6) is -0.0670. The predicted molar refractivity (Wildman–Crippen MR) is 83.9 cm³/mol. The first-order chi connectivity index (χ1) is 10.2.